The Balaban J connectivity index is 1.80. The average molecular weight is 361 g/mol. The van der Waals surface area contributed by atoms with Crippen molar-refractivity contribution in [1.29, 1.82) is 0 Å². The molecular weight excluding hydrogens is 338 g/mol. The largest absolute Gasteiger partial charge is 0.489 e. The molecule has 0 amide bonds. The van der Waals surface area contributed by atoms with Crippen LogP contribution in [0.4, 0.5) is 0 Å². The van der Waals surface area contributed by atoms with Crippen molar-refractivity contribution in [2.24, 2.45) is 0 Å². The molecule has 3 rings (SSSR count). The molecular formula is C19H23NO4S. The molecule has 1 aliphatic rings. The van der Waals surface area contributed by atoms with Crippen molar-refractivity contribution in [3.63, 3.8) is 0 Å². The summed E-state index contributed by atoms with van der Waals surface area (Å²) in [5, 5.41) is 12.3. The first-order valence-corrected chi connectivity index (χ1v) is 9.93. The first-order valence-electron chi connectivity index (χ1n) is 8.44. The molecule has 2 N–H and O–H groups in total. The van der Waals surface area contributed by atoms with Crippen molar-refractivity contribution in [2.45, 2.75) is 41.7 Å². The maximum atomic E-state index is 12.8. The molecule has 0 radical (unpaired) electrons. The van der Waals surface area contributed by atoms with Crippen LogP contribution in [0.3, 0.4) is 0 Å². The second kappa shape index (κ2) is 7.56. The van der Waals surface area contributed by atoms with Crippen molar-refractivity contribution >= 4 is 9.84 Å². The van der Waals surface area contributed by atoms with E-state index in [1.165, 1.54) is 0 Å². The van der Waals surface area contributed by atoms with Crippen molar-refractivity contribution < 1.29 is 18.3 Å². The zero-order valence-corrected chi connectivity index (χ0v) is 15.0. The Morgan fingerprint density at radius 3 is 2.68 bits per heavy atom. The van der Waals surface area contributed by atoms with Crippen LogP contribution in [0.1, 0.15) is 18.9 Å². The van der Waals surface area contributed by atoms with E-state index in [1.807, 2.05) is 13.0 Å². The maximum Gasteiger partial charge on any atom is 0.206 e. The molecule has 2 aromatic rings. The number of hydrogen-bond acceptors (Lipinski definition) is 5. The summed E-state index contributed by atoms with van der Waals surface area (Å²) in [6, 6.07) is 13.5. The highest BCUT2D eigenvalue weighted by Crippen LogP contribution is 2.32. The zero-order chi connectivity index (χ0) is 17.9. The minimum absolute atomic E-state index is 0.00906. The SMILES string of the molecule is C[C@@H](CO)NCC1CCc2ccc(S(=O)(=O)c3ccccc3)cc2O1. The number of aryl methyl sites for hydroxylation is 1. The second-order valence-corrected chi connectivity index (χ2v) is 8.31. The highest BCUT2D eigenvalue weighted by molar-refractivity contribution is 7.91. The molecule has 0 saturated carbocycles. The Morgan fingerprint density at radius 2 is 1.96 bits per heavy atom. The number of fused-ring (bicyclic) bond motifs is 1. The number of aliphatic hydroxyl groups excluding tert-OH is 1. The standard InChI is InChI=1S/C19H23NO4S/c1-14(13-21)20-12-16-9-7-15-8-10-18(11-19(15)24-16)25(22,23)17-5-3-2-4-6-17/h2-6,8,10-11,14,16,20-21H,7,9,12-13H2,1H3/t14-,16?/m0/s1. The summed E-state index contributed by atoms with van der Waals surface area (Å²) in [4.78, 5) is 0.524. The van der Waals surface area contributed by atoms with Gasteiger partial charge in [0.2, 0.25) is 9.84 Å². The summed E-state index contributed by atoms with van der Waals surface area (Å²) in [6.45, 7) is 2.60. The predicted octanol–water partition coefficient (Wildman–Crippen LogP) is 2.18. The van der Waals surface area contributed by atoms with Crippen LogP contribution < -0.4 is 10.1 Å². The fourth-order valence-corrected chi connectivity index (χ4v) is 4.15. The van der Waals surface area contributed by atoms with Gasteiger partial charge in [-0.2, -0.15) is 0 Å². The van der Waals surface area contributed by atoms with Gasteiger partial charge in [0, 0.05) is 12.6 Å². The summed E-state index contributed by atoms with van der Waals surface area (Å²) in [5.74, 6) is 0.631. The van der Waals surface area contributed by atoms with Gasteiger partial charge < -0.3 is 15.2 Å². The van der Waals surface area contributed by atoms with E-state index in [2.05, 4.69) is 5.32 Å². The summed E-state index contributed by atoms with van der Waals surface area (Å²) in [6.07, 6.45) is 1.68. The summed E-state index contributed by atoms with van der Waals surface area (Å²) in [5.41, 5.74) is 1.03. The van der Waals surface area contributed by atoms with Crippen molar-refractivity contribution in [3.8, 4) is 5.75 Å². The molecule has 0 saturated heterocycles. The third-order valence-corrected chi connectivity index (χ3v) is 6.17. The highest BCUT2D eigenvalue weighted by atomic mass is 32.2. The van der Waals surface area contributed by atoms with E-state index in [0.717, 1.165) is 18.4 Å². The summed E-state index contributed by atoms with van der Waals surface area (Å²) in [7, 11) is -3.55. The smallest absolute Gasteiger partial charge is 0.206 e. The lowest BCUT2D eigenvalue weighted by Gasteiger charge is -2.27. The Labute approximate surface area is 148 Å². The summed E-state index contributed by atoms with van der Waals surface area (Å²) >= 11 is 0. The number of benzene rings is 2. The fraction of sp³-hybridized carbons (Fsp3) is 0.368. The van der Waals surface area contributed by atoms with Crippen LogP contribution >= 0.6 is 0 Å². The number of sulfone groups is 1. The van der Waals surface area contributed by atoms with Crippen molar-refractivity contribution in [1.82, 2.24) is 5.32 Å². The molecule has 2 aromatic carbocycles. The Morgan fingerprint density at radius 1 is 1.20 bits per heavy atom. The van der Waals surface area contributed by atoms with Crippen LogP contribution in [0.15, 0.2) is 58.3 Å². The van der Waals surface area contributed by atoms with Gasteiger partial charge in [0.1, 0.15) is 11.9 Å². The fourth-order valence-electron chi connectivity index (χ4n) is 2.85. The third-order valence-electron chi connectivity index (χ3n) is 4.40. The third kappa shape index (κ3) is 4.03. The van der Waals surface area contributed by atoms with Gasteiger partial charge in [-0.25, -0.2) is 8.42 Å². The minimum atomic E-state index is -3.55. The predicted molar refractivity (Wildman–Crippen MR) is 95.6 cm³/mol. The van der Waals surface area contributed by atoms with Crippen LogP contribution in [0, 0.1) is 0 Å². The Bertz CT molecular complexity index is 821. The molecule has 5 nitrogen and oxygen atoms in total. The molecule has 1 heterocycles. The van der Waals surface area contributed by atoms with Gasteiger partial charge in [-0.1, -0.05) is 24.3 Å². The molecule has 0 aliphatic carbocycles. The van der Waals surface area contributed by atoms with E-state index in [-0.39, 0.29) is 28.5 Å². The number of rotatable bonds is 6. The molecule has 0 spiro atoms. The molecule has 1 aliphatic heterocycles. The molecule has 2 atom stereocenters. The summed E-state index contributed by atoms with van der Waals surface area (Å²) < 4.78 is 31.5. The van der Waals surface area contributed by atoms with Gasteiger partial charge >= 0.3 is 0 Å². The topological polar surface area (TPSA) is 75.6 Å². The molecule has 134 valence electrons. The van der Waals surface area contributed by atoms with Gasteiger partial charge in [0.15, 0.2) is 0 Å². The first-order chi connectivity index (χ1) is 12.0. The molecule has 1 unspecified atom stereocenters. The number of nitrogens with one attached hydrogen (secondary N) is 1. The number of ether oxygens (including phenoxy) is 1. The number of aliphatic hydroxyl groups is 1. The van der Waals surface area contributed by atoms with E-state index in [4.69, 9.17) is 9.84 Å². The van der Waals surface area contributed by atoms with Gasteiger partial charge in [-0.3, -0.25) is 0 Å². The van der Waals surface area contributed by atoms with Gasteiger partial charge in [0.25, 0.3) is 0 Å². The lowest BCUT2D eigenvalue weighted by atomic mass is 10.0. The second-order valence-electron chi connectivity index (χ2n) is 6.36. The van der Waals surface area contributed by atoms with Gasteiger partial charge in [-0.15, -0.1) is 0 Å². The number of hydrogen-bond donors (Lipinski definition) is 2. The average Bonchev–Trinajstić information content (AvgIpc) is 2.66. The van der Waals surface area contributed by atoms with E-state index in [0.29, 0.717) is 12.3 Å². The molecule has 6 heteroatoms. The van der Waals surface area contributed by atoms with E-state index in [9.17, 15) is 8.42 Å². The van der Waals surface area contributed by atoms with E-state index < -0.39 is 9.84 Å². The lowest BCUT2D eigenvalue weighted by Crippen LogP contribution is -2.39. The molecule has 0 fully saturated rings. The first kappa shape index (κ1) is 17.9. The maximum absolute atomic E-state index is 12.8. The quantitative estimate of drug-likeness (QED) is 0.825. The molecule has 25 heavy (non-hydrogen) atoms. The van der Waals surface area contributed by atoms with Crippen LogP contribution in [0.25, 0.3) is 0 Å². The Hall–Kier alpha value is -1.89. The van der Waals surface area contributed by atoms with Crippen LogP contribution in [-0.2, 0) is 16.3 Å². The Kier molecular flexibility index (Phi) is 5.42. The normalized spacial score (nSPS) is 18.2. The van der Waals surface area contributed by atoms with Gasteiger partial charge in [-0.05, 0) is 49.6 Å². The molecule has 0 aromatic heterocycles. The minimum Gasteiger partial charge on any atom is -0.489 e. The van der Waals surface area contributed by atoms with E-state index in [1.54, 1.807) is 42.5 Å². The van der Waals surface area contributed by atoms with Crippen molar-refractivity contribution in [3.05, 3.63) is 54.1 Å². The van der Waals surface area contributed by atoms with Crippen molar-refractivity contribution in [2.75, 3.05) is 13.2 Å². The highest BCUT2D eigenvalue weighted by Gasteiger charge is 2.24. The lowest BCUT2D eigenvalue weighted by molar-refractivity contribution is 0.158. The molecule has 0 bridgehead atoms. The van der Waals surface area contributed by atoms with Crippen LogP contribution in [0.2, 0.25) is 0 Å². The van der Waals surface area contributed by atoms with Crippen LogP contribution in [-0.4, -0.2) is 38.8 Å². The van der Waals surface area contributed by atoms with Crippen LogP contribution in [0.5, 0.6) is 5.75 Å². The van der Waals surface area contributed by atoms with Gasteiger partial charge in [0.05, 0.1) is 16.4 Å². The monoisotopic (exact) mass is 361 g/mol. The van der Waals surface area contributed by atoms with E-state index >= 15 is 0 Å². The zero-order valence-electron chi connectivity index (χ0n) is 14.2.